The van der Waals surface area contributed by atoms with E-state index in [1.54, 1.807) is 0 Å². The van der Waals surface area contributed by atoms with E-state index in [1.165, 1.54) is 37.1 Å². The molecule has 1 saturated carbocycles. The van der Waals surface area contributed by atoms with Crippen molar-refractivity contribution in [1.82, 2.24) is 4.90 Å². The first-order valence-corrected chi connectivity index (χ1v) is 14.3. The number of aryl methyl sites for hydroxylation is 1. The average Bonchev–Trinajstić information content (AvgIpc) is 2.90. The van der Waals surface area contributed by atoms with Crippen LogP contribution >= 0.6 is 0 Å². The van der Waals surface area contributed by atoms with Gasteiger partial charge in [-0.2, -0.15) is 0 Å². The molecule has 1 atom stereocenters. The van der Waals surface area contributed by atoms with Crippen LogP contribution in [0.3, 0.4) is 0 Å². The number of amides is 1. The van der Waals surface area contributed by atoms with E-state index in [2.05, 4.69) is 36.9 Å². The number of likely N-dealkylation sites (tertiary alicyclic amines) is 1. The summed E-state index contributed by atoms with van der Waals surface area (Å²) in [5.41, 5.74) is 4.47. The van der Waals surface area contributed by atoms with Gasteiger partial charge in [-0.1, -0.05) is 25.1 Å². The van der Waals surface area contributed by atoms with Crippen LogP contribution in [0.15, 0.2) is 42.5 Å². The summed E-state index contributed by atoms with van der Waals surface area (Å²) in [7, 11) is 1.90. The van der Waals surface area contributed by atoms with Gasteiger partial charge >= 0.3 is 5.97 Å². The molecule has 4 rings (SSSR count). The molecule has 1 saturated heterocycles. The molecule has 1 heterocycles. The molecular weight excluding hydrogens is 476 g/mol. The van der Waals surface area contributed by atoms with E-state index < -0.39 is 0 Å². The van der Waals surface area contributed by atoms with Gasteiger partial charge in [-0.05, 0) is 106 Å². The minimum atomic E-state index is -0.228. The summed E-state index contributed by atoms with van der Waals surface area (Å²) < 4.78 is 11.3. The van der Waals surface area contributed by atoms with Gasteiger partial charge in [-0.25, -0.2) is 0 Å². The van der Waals surface area contributed by atoms with Gasteiger partial charge in [0.25, 0.3) is 0 Å². The highest BCUT2D eigenvalue weighted by Gasteiger charge is 2.30. The number of hydrogen-bond donors (Lipinski definition) is 0. The highest BCUT2D eigenvalue weighted by atomic mass is 16.5. The molecule has 2 fully saturated rings. The molecule has 1 amide bonds. The first-order valence-electron chi connectivity index (χ1n) is 14.3. The van der Waals surface area contributed by atoms with Crippen LogP contribution in [0.4, 0.5) is 5.69 Å². The number of carbonyl (C=O) groups is 2. The van der Waals surface area contributed by atoms with Gasteiger partial charge in [0.05, 0.1) is 19.1 Å². The van der Waals surface area contributed by atoms with Crippen molar-refractivity contribution in [2.24, 2.45) is 11.8 Å². The van der Waals surface area contributed by atoms with Gasteiger partial charge in [-0.15, -0.1) is 0 Å². The smallest absolute Gasteiger partial charge is 0.310 e. The highest BCUT2D eigenvalue weighted by molar-refractivity contribution is 5.94. The molecule has 2 aromatic carbocycles. The van der Waals surface area contributed by atoms with E-state index in [-0.39, 0.29) is 30.3 Å². The standard InChI is InChI=1S/C32H44N2O4/c1-5-37-31(35)20-25-9-6-10-30(19-25)38-29-15-12-26(13-16-29)32(36)33(4)28-14-11-27(24(3)18-28)22-34-17-7-8-23(2)21-34/h6,9-11,14,18-19,23,26,29H,5,7-8,12-13,15-17,20-22H2,1-4H3/t23-,26?,29?/m1/s1. The molecule has 0 unspecified atom stereocenters. The van der Waals surface area contributed by atoms with Crippen molar-refractivity contribution in [3.63, 3.8) is 0 Å². The number of rotatable bonds is 9. The number of esters is 1. The monoisotopic (exact) mass is 520 g/mol. The molecule has 0 bridgehead atoms. The van der Waals surface area contributed by atoms with Crippen LogP contribution in [-0.2, 0) is 27.3 Å². The third kappa shape index (κ3) is 7.59. The summed E-state index contributed by atoms with van der Waals surface area (Å²) in [5, 5.41) is 0. The summed E-state index contributed by atoms with van der Waals surface area (Å²) in [6.45, 7) is 10.0. The van der Waals surface area contributed by atoms with Gasteiger partial charge in [0, 0.05) is 31.7 Å². The summed E-state index contributed by atoms with van der Waals surface area (Å²) in [6, 6.07) is 14.1. The normalized spacial score (nSPS) is 22.1. The Morgan fingerprint density at radius 1 is 1.05 bits per heavy atom. The summed E-state index contributed by atoms with van der Waals surface area (Å²) in [5.74, 6) is 1.53. The second kappa shape index (κ2) is 13.3. The van der Waals surface area contributed by atoms with Gasteiger partial charge in [-0.3, -0.25) is 14.5 Å². The van der Waals surface area contributed by atoms with E-state index in [0.29, 0.717) is 6.61 Å². The number of anilines is 1. The lowest BCUT2D eigenvalue weighted by atomic mass is 9.86. The lowest BCUT2D eigenvalue weighted by Crippen LogP contribution is -2.37. The number of piperidine rings is 1. The third-order valence-electron chi connectivity index (χ3n) is 8.06. The van der Waals surface area contributed by atoms with Crippen molar-refractivity contribution >= 4 is 17.6 Å². The predicted molar refractivity (Wildman–Crippen MR) is 151 cm³/mol. The zero-order chi connectivity index (χ0) is 27.1. The molecule has 2 aromatic rings. The zero-order valence-electron chi connectivity index (χ0n) is 23.6. The topological polar surface area (TPSA) is 59.1 Å². The Bertz CT molecular complexity index is 1090. The van der Waals surface area contributed by atoms with Gasteiger partial charge in [0.1, 0.15) is 5.75 Å². The second-order valence-corrected chi connectivity index (χ2v) is 11.2. The van der Waals surface area contributed by atoms with Gasteiger partial charge in [0.2, 0.25) is 5.91 Å². The Labute approximate surface area is 228 Å². The molecule has 6 nitrogen and oxygen atoms in total. The Kier molecular flexibility index (Phi) is 9.84. The Balaban J connectivity index is 1.27. The molecule has 1 aliphatic heterocycles. The van der Waals surface area contributed by atoms with E-state index >= 15 is 0 Å². The average molecular weight is 521 g/mol. The predicted octanol–water partition coefficient (Wildman–Crippen LogP) is 5.93. The van der Waals surface area contributed by atoms with Crippen molar-refractivity contribution in [3.05, 3.63) is 59.2 Å². The number of hydrogen-bond acceptors (Lipinski definition) is 5. The maximum Gasteiger partial charge on any atom is 0.310 e. The van der Waals surface area contributed by atoms with Crippen molar-refractivity contribution in [1.29, 1.82) is 0 Å². The Morgan fingerprint density at radius 3 is 2.55 bits per heavy atom. The lowest BCUT2D eigenvalue weighted by molar-refractivity contribution is -0.142. The first kappa shape index (κ1) is 28.2. The van der Waals surface area contributed by atoms with Crippen molar-refractivity contribution in [2.45, 2.75) is 78.4 Å². The van der Waals surface area contributed by atoms with Crippen molar-refractivity contribution in [3.8, 4) is 5.75 Å². The van der Waals surface area contributed by atoms with E-state index in [9.17, 15) is 9.59 Å². The van der Waals surface area contributed by atoms with Crippen LogP contribution in [0.2, 0.25) is 0 Å². The maximum atomic E-state index is 13.3. The lowest BCUT2D eigenvalue weighted by Gasteiger charge is -2.32. The zero-order valence-corrected chi connectivity index (χ0v) is 23.6. The maximum absolute atomic E-state index is 13.3. The molecule has 2 aliphatic rings. The molecular formula is C32H44N2O4. The molecule has 0 spiro atoms. The molecule has 206 valence electrons. The summed E-state index contributed by atoms with van der Waals surface area (Å²) in [4.78, 5) is 29.5. The van der Waals surface area contributed by atoms with E-state index in [1.807, 2.05) is 43.1 Å². The Hall–Kier alpha value is -2.86. The molecule has 6 heteroatoms. The van der Waals surface area contributed by atoms with Crippen LogP contribution < -0.4 is 9.64 Å². The van der Waals surface area contributed by atoms with Crippen LogP contribution in [0.5, 0.6) is 5.75 Å². The molecule has 0 aromatic heterocycles. The van der Waals surface area contributed by atoms with E-state index in [0.717, 1.165) is 55.1 Å². The van der Waals surface area contributed by atoms with E-state index in [4.69, 9.17) is 9.47 Å². The third-order valence-corrected chi connectivity index (χ3v) is 8.06. The largest absolute Gasteiger partial charge is 0.490 e. The SMILES string of the molecule is CCOC(=O)Cc1cccc(OC2CCC(C(=O)N(C)c3ccc(CN4CCC[C@@H](C)C4)c(C)c3)CC2)c1. The molecule has 0 radical (unpaired) electrons. The summed E-state index contributed by atoms with van der Waals surface area (Å²) in [6.07, 6.45) is 6.28. The van der Waals surface area contributed by atoms with Crippen LogP contribution in [-0.4, -0.2) is 49.6 Å². The highest BCUT2D eigenvalue weighted by Crippen LogP contribution is 2.31. The number of carbonyl (C=O) groups excluding carboxylic acids is 2. The number of nitrogens with zero attached hydrogens (tertiary/aromatic N) is 2. The first-order chi connectivity index (χ1) is 18.3. The minimum absolute atomic E-state index is 0.0184. The molecule has 38 heavy (non-hydrogen) atoms. The minimum Gasteiger partial charge on any atom is -0.490 e. The summed E-state index contributed by atoms with van der Waals surface area (Å²) >= 11 is 0. The second-order valence-electron chi connectivity index (χ2n) is 11.2. The van der Waals surface area contributed by atoms with Gasteiger partial charge < -0.3 is 14.4 Å². The fourth-order valence-corrected chi connectivity index (χ4v) is 5.87. The number of benzene rings is 2. The van der Waals surface area contributed by atoms with Crippen molar-refractivity contribution < 1.29 is 19.1 Å². The van der Waals surface area contributed by atoms with Crippen LogP contribution in [0.25, 0.3) is 0 Å². The number of ether oxygens (including phenoxy) is 2. The fourth-order valence-electron chi connectivity index (χ4n) is 5.87. The molecule has 1 aliphatic carbocycles. The Morgan fingerprint density at radius 2 is 1.84 bits per heavy atom. The van der Waals surface area contributed by atoms with Crippen molar-refractivity contribution in [2.75, 3.05) is 31.6 Å². The van der Waals surface area contributed by atoms with Gasteiger partial charge in [0.15, 0.2) is 0 Å². The molecule has 0 N–H and O–H groups in total. The fraction of sp³-hybridized carbons (Fsp3) is 0.562. The van der Waals surface area contributed by atoms with Crippen LogP contribution in [0.1, 0.15) is 69.1 Å². The van der Waals surface area contributed by atoms with Crippen LogP contribution in [0, 0.1) is 18.8 Å². The quantitative estimate of drug-likeness (QED) is 0.384.